The normalized spacial score (nSPS) is 13.4. The molecule has 0 fully saturated rings. The third kappa shape index (κ3) is 4.89. The number of hydrogen-bond donors (Lipinski definition) is 2. The maximum absolute atomic E-state index is 12.5. The van der Waals surface area contributed by atoms with E-state index in [9.17, 15) is 8.42 Å². The molecular formula is C15H25NO3S. The molecule has 4 nitrogen and oxygen atoms in total. The fraction of sp³-hybridized carbons (Fsp3) is 0.600. The predicted octanol–water partition coefficient (Wildman–Crippen LogP) is 1.83. The molecule has 0 aliphatic heterocycles. The molecule has 0 amide bonds. The summed E-state index contributed by atoms with van der Waals surface area (Å²) in [6.07, 6.45) is 1.38. The fourth-order valence-corrected chi connectivity index (χ4v) is 4.06. The lowest BCUT2D eigenvalue weighted by atomic mass is 10.2. The van der Waals surface area contributed by atoms with Gasteiger partial charge in [0.2, 0.25) is 0 Å². The summed E-state index contributed by atoms with van der Waals surface area (Å²) in [4.78, 5) is 0.402. The van der Waals surface area contributed by atoms with Crippen LogP contribution in [0, 0.1) is 13.8 Å². The Morgan fingerprint density at radius 2 is 2.00 bits per heavy atom. The van der Waals surface area contributed by atoms with Crippen molar-refractivity contribution < 1.29 is 13.5 Å². The van der Waals surface area contributed by atoms with Crippen molar-refractivity contribution >= 4 is 9.84 Å². The molecular weight excluding hydrogens is 274 g/mol. The number of aliphatic hydroxyl groups is 1. The monoisotopic (exact) mass is 299 g/mol. The molecule has 0 aromatic heterocycles. The molecule has 1 aromatic rings. The van der Waals surface area contributed by atoms with Gasteiger partial charge in [0, 0.05) is 12.6 Å². The van der Waals surface area contributed by atoms with Crippen molar-refractivity contribution in [3.05, 3.63) is 29.3 Å². The maximum atomic E-state index is 12.5. The first-order valence-corrected chi connectivity index (χ1v) is 8.70. The predicted molar refractivity (Wildman–Crippen MR) is 81.8 cm³/mol. The van der Waals surface area contributed by atoms with Gasteiger partial charge in [-0.1, -0.05) is 19.1 Å². The second kappa shape index (κ2) is 7.76. The zero-order valence-electron chi connectivity index (χ0n) is 12.5. The summed E-state index contributed by atoms with van der Waals surface area (Å²) < 4.78 is 25.1. The van der Waals surface area contributed by atoms with Crippen molar-refractivity contribution in [1.82, 2.24) is 5.32 Å². The first kappa shape index (κ1) is 17.1. The van der Waals surface area contributed by atoms with Crippen molar-refractivity contribution in [3.8, 4) is 0 Å². The van der Waals surface area contributed by atoms with E-state index in [-0.39, 0.29) is 18.4 Å². The molecule has 0 saturated carbocycles. The SMILES string of the molecule is CCCNC(CCO)CS(=O)(=O)c1cc(C)ccc1C. The van der Waals surface area contributed by atoms with Gasteiger partial charge >= 0.3 is 0 Å². The summed E-state index contributed by atoms with van der Waals surface area (Å²) in [5.74, 6) is 0.0256. The maximum Gasteiger partial charge on any atom is 0.180 e. The molecule has 0 saturated heterocycles. The van der Waals surface area contributed by atoms with Crippen LogP contribution < -0.4 is 5.32 Å². The molecule has 1 unspecified atom stereocenters. The Kier molecular flexibility index (Phi) is 6.65. The summed E-state index contributed by atoms with van der Waals surface area (Å²) in [5.41, 5.74) is 1.71. The van der Waals surface area contributed by atoms with Crippen LogP contribution in [-0.2, 0) is 9.84 Å². The van der Waals surface area contributed by atoms with Crippen LogP contribution in [-0.4, -0.2) is 38.5 Å². The van der Waals surface area contributed by atoms with Gasteiger partial charge in [-0.15, -0.1) is 0 Å². The lowest BCUT2D eigenvalue weighted by molar-refractivity contribution is 0.269. The zero-order valence-corrected chi connectivity index (χ0v) is 13.3. The van der Waals surface area contributed by atoms with E-state index < -0.39 is 9.84 Å². The van der Waals surface area contributed by atoms with Crippen molar-refractivity contribution in [2.45, 2.75) is 44.6 Å². The van der Waals surface area contributed by atoms with Crippen LogP contribution in [0.1, 0.15) is 30.9 Å². The molecule has 114 valence electrons. The van der Waals surface area contributed by atoms with Crippen LogP contribution >= 0.6 is 0 Å². The Balaban J connectivity index is 2.93. The van der Waals surface area contributed by atoms with Crippen molar-refractivity contribution in [3.63, 3.8) is 0 Å². The second-order valence-corrected chi connectivity index (χ2v) is 7.22. The van der Waals surface area contributed by atoms with E-state index >= 15 is 0 Å². The molecule has 5 heteroatoms. The van der Waals surface area contributed by atoms with E-state index in [2.05, 4.69) is 5.32 Å². The number of sulfone groups is 1. The van der Waals surface area contributed by atoms with E-state index in [1.165, 1.54) is 0 Å². The van der Waals surface area contributed by atoms with Gasteiger partial charge < -0.3 is 10.4 Å². The third-order valence-electron chi connectivity index (χ3n) is 3.26. The zero-order chi connectivity index (χ0) is 15.2. The average molecular weight is 299 g/mol. The molecule has 1 atom stereocenters. The highest BCUT2D eigenvalue weighted by molar-refractivity contribution is 7.91. The van der Waals surface area contributed by atoms with Gasteiger partial charge in [0.25, 0.3) is 0 Å². The number of nitrogens with one attached hydrogen (secondary N) is 1. The topological polar surface area (TPSA) is 66.4 Å². The van der Waals surface area contributed by atoms with E-state index in [0.29, 0.717) is 11.3 Å². The molecule has 20 heavy (non-hydrogen) atoms. The summed E-state index contributed by atoms with van der Waals surface area (Å²) in [5, 5.41) is 12.3. The molecule has 0 radical (unpaired) electrons. The third-order valence-corrected chi connectivity index (χ3v) is 5.21. The highest BCUT2D eigenvalue weighted by Crippen LogP contribution is 2.19. The van der Waals surface area contributed by atoms with Crippen molar-refractivity contribution in [1.29, 1.82) is 0 Å². The van der Waals surface area contributed by atoms with Gasteiger partial charge in [-0.25, -0.2) is 8.42 Å². The lowest BCUT2D eigenvalue weighted by Gasteiger charge is -2.18. The summed E-state index contributed by atoms with van der Waals surface area (Å²) >= 11 is 0. The van der Waals surface area contributed by atoms with Crippen LogP contribution in [0.5, 0.6) is 0 Å². The smallest absolute Gasteiger partial charge is 0.180 e. The number of aryl methyl sites for hydroxylation is 2. The van der Waals surface area contributed by atoms with E-state index in [4.69, 9.17) is 5.11 Å². The lowest BCUT2D eigenvalue weighted by Crippen LogP contribution is -2.37. The molecule has 1 aromatic carbocycles. The minimum atomic E-state index is -3.34. The number of rotatable bonds is 8. The quantitative estimate of drug-likeness (QED) is 0.768. The molecule has 0 aliphatic rings. The first-order valence-electron chi connectivity index (χ1n) is 7.05. The molecule has 1 rings (SSSR count). The van der Waals surface area contributed by atoms with Crippen LogP contribution in [0.15, 0.2) is 23.1 Å². The summed E-state index contributed by atoms with van der Waals surface area (Å²) in [6, 6.07) is 5.27. The Morgan fingerprint density at radius 1 is 1.30 bits per heavy atom. The Morgan fingerprint density at radius 3 is 2.60 bits per heavy atom. The van der Waals surface area contributed by atoms with Crippen LogP contribution in [0.25, 0.3) is 0 Å². The Bertz CT molecular complexity index is 526. The highest BCUT2D eigenvalue weighted by atomic mass is 32.2. The standard InChI is InChI=1S/C15H25NO3S/c1-4-8-16-14(7-9-17)11-20(18,19)15-10-12(2)5-6-13(15)3/h5-6,10,14,16-17H,4,7-9,11H2,1-3H3. The van der Waals surface area contributed by atoms with E-state index in [0.717, 1.165) is 24.1 Å². The van der Waals surface area contributed by atoms with E-state index in [1.54, 1.807) is 6.07 Å². The summed E-state index contributed by atoms with van der Waals surface area (Å²) in [6.45, 7) is 6.48. The minimum absolute atomic E-state index is 0.0102. The fourth-order valence-electron chi connectivity index (χ4n) is 2.15. The first-order chi connectivity index (χ1) is 9.40. The van der Waals surface area contributed by atoms with Gasteiger partial charge in [-0.05, 0) is 50.4 Å². The number of benzene rings is 1. The number of aliphatic hydroxyl groups excluding tert-OH is 1. The largest absolute Gasteiger partial charge is 0.396 e. The molecule has 0 aliphatic carbocycles. The van der Waals surface area contributed by atoms with Gasteiger partial charge in [0.1, 0.15) is 0 Å². The van der Waals surface area contributed by atoms with Crippen LogP contribution in [0.2, 0.25) is 0 Å². The van der Waals surface area contributed by atoms with Crippen LogP contribution in [0.3, 0.4) is 0 Å². The Labute approximate surface area is 122 Å². The number of hydrogen-bond acceptors (Lipinski definition) is 4. The average Bonchev–Trinajstić information content (AvgIpc) is 2.38. The second-order valence-electron chi connectivity index (χ2n) is 5.21. The molecule has 2 N–H and O–H groups in total. The van der Waals surface area contributed by atoms with Crippen molar-refractivity contribution in [2.24, 2.45) is 0 Å². The van der Waals surface area contributed by atoms with E-state index in [1.807, 2.05) is 32.9 Å². The molecule has 0 heterocycles. The Hall–Kier alpha value is -0.910. The highest BCUT2D eigenvalue weighted by Gasteiger charge is 2.22. The molecule has 0 spiro atoms. The van der Waals surface area contributed by atoms with Gasteiger partial charge in [-0.3, -0.25) is 0 Å². The molecule has 0 bridgehead atoms. The minimum Gasteiger partial charge on any atom is -0.396 e. The van der Waals surface area contributed by atoms with Crippen molar-refractivity contribution in [2.75, 3.05) is 18.9 Å². The summed E-state index contributed by atoms with van der Waals surface area (Å²) in [7, 11) is -3.34. The van der Waals surface area contributed by atoms with Gasteiger partial charge in [0.15, 0.2) is 9.84 Å². The van der Waals surface area contributed by atoms with Gasteiger partial charge in [0.05, 0.1) is 10.6 Å². The van der Waals surface area contributed by atoms with Gasteiger partial charge in [-0.2, -0.15) is 0 Å². The van der Waals surface area contributed by atoms with Crippen LogP contribution in [0.4, 0.5) is 0 Å².